The summed E-state index contributed by atoms with van der Waals surface area (Å²) in [5, 5.41) is 2.47. The molecule has 23 heavy (non-hydrogen) atoms. The Labute approximate surface area is 141 Å². The fourth-order valence-corrected chi connectivity index (χ4v) is 2.16. The molecule has 0 spiro atoms. The molecular formula is C15H22ClN3O4. The second-order valence-electron chi connectivity index (χ2n) is 4.91. The first kappa shape index (κ1) is 19.1. The first-order valence-corrected chi connectivity index (χ1v) is 7.27. The SMILES string of the molecule is CCN(CC1COc2ccccc2O1)C(=O)CNC(=O)CN.Cl. The number of hydrogen-bond acceptors (Lipinski definition) is 5. The van der Waals surface area contributed by atoms with Crippen LogP contribution in [-0.2, 0) is 9.59 Å². The minimum Gasteiger partial charge on any atom is -0.486 e. The van der Waals surface area contributed by atoms with E-state index < -0.39 is 0 Å². The van der Waals surface area contributed by atoms with E-state index in [4.69, 9.17) is 15.2 Å². The van der Waals surface area contributed by atoms with Crippen molar-refractivity contribution in [1.29, 1.82) is 0 Å². The summed E-state index contributed by atoms with van der Waals surface area (Å²) in [5.74, 6) is 0.865. The molecule has 0 aromatic heterocycles. The Morgan fingerprint density at radius 2 is 2.04 bits per heavy atom. The molecule has 2 rings (SSSR count). The van der Waals surface area contributed by atoms with Gasteiger partial charge >= 0.3 is 0 Å². The number of amides is 2. The second-order valence-corrected chi connectivity index (χ2v) is 4.91. The summed E-state index contributed by atoms with van der Waals surface area (Å²) in [7, 11) is 0. The Bertz CT molecular complexity index is 541. The summed E-state index contributed by atoms with van der Waals surface area (Å²) < 4.78 is 11.5. The van der Waals surface area contributed by atoms with Gasteiger partial charge in [0, 0.05) is 6.54 Å². The second kappa shape index (κ2) is 9.22. The predicted molar refractivity (Wildman–Crippen MR) is 87.9 cm³/mol. The lowest BCUT2D eigenvalue weighted by molar-refractivity contribution is -0.133. The molecule has 0 radical (unpaired) electrons. The normalized spacial score (nSPS) is 15.3. The topological polar surface area (TPSA) is 93.9 Å². The van der Waals surface area contributed by atoms with E-state index in [0.29, 0.717) is 31.2 Å². The highest BCUT2D eigenvalue weighted by Crippen LogP contribution is 2.30. The summed E-state index contributed by atoms with van der Waals surface area (Å²) in [5.41, 5.74) is 5.19. The molecule has 1 heterocycles. The molecule has 0 fully saturated rings. The predicted octanol–water partition coefficient (Wildman–Crippen LogP) is 0.172. The minimum atomic E-state index is -0.351. The van der Waals surface area contributed by atoms with Crippen molar-refractivity contribution in [2.24, 2.45) is 5.73 Å². The monoisotopic (exact) mass is 343 g/mol. The van der Waals surface area contributed by atoms with Gasteiger partial charge in [-0.15, -0.1) is 12.4 Å². The lowest BCUT2D eigenvalue weighted by atomic mass is 10.2. The van der Waals surface area contributed by atoms with Crippen molar-refractivity contribution in [3.05, 3.63) is 24.3 Å². The van der Waals surface area contributed by atoms with Gasteiger partial charge in [0.1, 0.15) is 6.61 Å². The smallest absolute Gasteiger partial charge is 0.242 e. The summed E-state index contributed by atoms with van der Waals surface area (Å²) in [6, 6.07) is 7.43. The zero-order valence-corrected chi connectivity index (χ0v) is 13.8. The Balaban J connectivity index is 0.00000264. The lowest BCUT2D eigenvalue weighted by Gasteiger charge is -2.31. The van der Waals surface area contributed by atoms with Gasteiger partial charge in [0.05, 0.1) is 19.6 Å². The Kier molecular flexibility index (Phi) is 7.64. The maximum atomic E-state index is 12.1. The van der Waals surface area contributed by atoms with E-state index >= 15 is 0 Å². The molecule has 1 aliphatic heterocycles. The molecule has 0 saturated carbocycles. The summed E-state index contributed by atoms with van der Waals surface area (Å²) in [6.45, 7) is 3.00. The zero-order valence-electron chi connectivity index (χ0n) is 13.0. The molecule has 1 aliphatic rings. The third-order valence-corrected chi connectivity index (χ3v) is 3.35. The summed E-state index contributed by atoms with van der Waals surface area (Å²) in [4.78, 5) is 24.8. The van der Waals surface area contributed by atoms with Crippen LogP contribution < -0.4 is 20.5 Å². The number of halogens is 1. The largest absolute Gasteiger partial charge is 0.486 e. The van der Waals surface area contributed by atoms with Crippen LogP contribution in [0.4, 0.5) is 0 Å². The van der Waals surface area contributed by atoms with E-state index in [2.05, 4.69) is 5.32 Å². The van der Waals surface area contributed by atoms with E-state index in [1.165, 1.54) is 0 Å². The van der Waals surface area contributed by atoms with Gasteiger partial charge in [-0.3, -0.25) is 9.59 Å². The number of benzene rings is 1. The Morgan fingerprint density at radius 3 is 2.70 bits per heavy atom. The average Bonchev–Trinajstić information content (AvgIpc) is 2.56. The molecule has 1 aromatic carbocycles. The van der Waals surface area contributed by atoms with Crippen molar-refractivity contribution in [2.45, 2.75) is 13.0 Å². The number of nitrogens with zero attached hydrogens (tertiary/aromatic N) is 1. The maximum absolute atomic E-state index is 12.1. The van der Waals surface area contributed by atoms with Crippen molar-refractivity contribution >= 4 is 24.2 Å². The van der Waals surface area contributed by atoms with Gasteiger partial charge in [-0.2, -0.15) is 0 Å². The Morgan fingerprint density at radius 1 is 1.35 bits per heavy atom. The highest BCUT2D eigenvalue weighted by atomic mass is 35.5. The molecule has 1 atom stereocenters. The first-order valence-electron chi connectivity index (χ1n) is 7.27. The van der Waals surface area contributed by atoms with Crippen LogP contribution in [0.2, 0.25) is 0 Å². The van der Waals surface area contributed by atoms with Crippen LogP contribution in [-0.4, -0.2) is 55.6 Å². The molecular weight excluding hydrogens is 322 g/mol. The van der Waals surface area contributed by atoms with Gasteiger partial charge in [0.25, 0.3) is 0 Å². The average molecular weight is 344 g/mol. The first-order chi connectivity index (χ1) is 10.6. The number of fused-ring (bicyclic) bond motifs is 1. The number of para-hydroxylation sites is 2. The van der Waals surface area contributed by atoms with E-state index in [9.17, 15) is 9.59 Å². The number of nitrogens with two attached hydrogens (primary N) is 1. The number of carbonyl (C=O) groups is 2. The molecule has 3 N–H and O–H groups in total. The highest BCUT2D eigenvalue weighted by molar-refractivity contribution is 5.85. The van der Waals surface area contributed by atoms with Crippen LogP contribution in [0.15, 0.2) is 24.3 Å². The third-order valence-electron chi connectivity index (χ3n) is 3.35. The quantitative estimate of drug-likeness (QED) is 0.768. The summed E-state index contributed by atoms with van der Waals surface area (Å²) >= 11 is 0. The van der Waals surface area contributed by atoms with Crippen LogP contribution in [0.5, 0.6) is 11.5 Å². The zero-order chi connectivity index (χ0) is 15.9. The van der Waals surface area contributed by atoms with Crippen molar-refractivity contribution in [1.82, 2.24) is 10.2 Å². The van der Waals surface area contributed by atoms with Gasteiger partial charge in [-0.1, -0.05) is 12.1 Å². The van der Waals surface area contributed by atoms with Gasteiger partial charge in [-0.05, 0) is 19.1 Å². The number of nitrogens with one attached hydrogen (secondary N) is 1. The van der Waals surface area contributed by atoms with Crippen LogP contribution in [0.3, 0.4) is 0 Å². The molecule has 0 bridgehead atoms. The fraction of sp³-hybridized carbons (Fsp3) is 0.467. The lowest BCUT2D eigenvalue weighted by Crippen LogP contribution is -2.47. The fourth-order valence-electron chi connectivity index (χ4n) is 2.16. The van der Waals surface area contributed by atoms with Crippen LogP contribution in [0, 0.1) is 0 Å². The molecule has 128 valence electrons. The maximum Gasteiger partial charge on any atom is 0.242 e. The van der Waals surface area contributed by atoms with Crippen molar-refractivity contribution in [2.75, 3.05) is 32.8 Å². The molecule has 8 heteroatoms. The van der Waals surface area contributed by atoms with Gasteiger partial charge in [-0.25, -0.2) is 0 Å². The molecule has 0 aliphatic carbocycles. The van der Waals surface area contributed by atoms with Gasteiger partial charge < -0.3 is 25.4 Å². The number of hydrogen-bond donors (Lipinski definition) is 2. The molecule has 1 aromatic rings. The molecule has 1 unspecified atom stereocenters. The van der Waals surface area contributed by atoms with Crippen LogP contribution >= 0.6 is 12.4 Å². The molecule has 7 nitrogen and oxygen atoms in total. The standard InChI is InChI=1S/C15H21N3O4.ClH/c1-2-18(15(20)8-17-14(19)7-16)9-11-10-21-12-5-3-4-6-13(12)22-11;/h3-6,11H,2,7-10,16H2,1H3,(H,17,19);1H. The number of ether oxygens (including phenoxy) is 2. The minimum absolute atomic E-state index is 0. The molecule has 0 saturated heterocycles. The highest BCUT2D eigenvalue weighted by Gasteiger charge is 2.24. The van der Waals surface area contributed by atoms with Crippen molar-refractivity contribution in [3.63, 3.8) is 0 Å². The third kappa shape index (κ3) is 5.30. The number of likely N-dealkylation sites (N-methyl/N-ethyl adjacent to an activating group) is 1. The van der Waals surface area contributed by atoms with E-state index in [1.54, 1.807) is 4.90 Å². The van der Waals surface area contributed by atoms with Gasteiger partial charge in [0.2, 0.25) is 11.8 Å². The van der Waals surface area contributed by atoms with E-state index in [-0.39, 0.29) is 43.4 Å². The van der Waals surface area contributed by atoms with E-state index in [1.807, 2.05) is 31.2 Å². The van der Waals surface area contributed by atoms with Crippen LogP contribution in [0.1, 0.15) is 6.92 Å². The number of rotatable bonds is 6. The van der Waals surface area contributed by atoms with Crippen molar-refractivity contribution in [3.8, 4) is 11.5 Å². The van der Waals surface area contributed by atoms with Crippen LogP contribution in [0.25, 0.3) is 0 Å². The van der Waals surface area contributed by atoms with Crippen molar-refractivity contribution < 1.29 is 19.1 Å². The van der Waals surface area contributed by atoms with Gasteiger partial charge in [0.15, 0.2) is 17.6 Å². The summed E-state index contributed by atoms with van der Waals surface area (Å²) in [6.07, 6.45) is -0.232. The Hall–Kier alpha value is -1.99. The molecule has 2 amide bonds. The van der Waals surface area contributed by atoms with E-state index in [0.717, 1.165) is 0 Å². The number of carbonyl (C=O) groups excluding carboxylic acids is 2.